The standard InChI is InChI=1S/C18H23NS2/c1-12(2)13-4-6-14(7-5-13)18(19-3)17-10-15-11-20-9-8-16(15)21-17/h4-7,10,12,18-19H,8-9,11H2,1-3H3. The van der Waals surface area contributed by atoms with E-state index in [4.69, 9.17) is 0 Å². The van der Waals surface area contributed by atoms with Gasteiger partial charge in [0.1, 0.15) is 0 Å². The van der Waals surface area contributed by atoms with Gasteiger partial charge in [-0.1, -0.05) is 38.1 Å². The molecular formula is C18H23NS2. The normalized spacial score (nSPS) is 16.0. The summed E-state index contributed by atoms with van der Waals surface area (Å²) in [7, 11) is 2.06. The maximum atomic E-state index is 3.50. The van der Waals surface area contributed by atoms with Crippen molar-refractivity contribution in [2.24, 2.45) is 0 Å². The zero-order valence-corrected chi connectivity index (χ0v) is 14.6. The first-order valence-electron chi connectivity index (χ1n) is 7.65. The van der Waals surface area contributed by atoms with Crippen LogP contribution in [0.4, 0.5) is 0 Å². The first-order valence-corrected chi connectivity index (χ1v) is 9.62. The number of hydrogen-bond donors (Lipinski definition) is 1. The van der Waals surface area contributed by atoms with Crippen LogP contribution in [0.2, 0.25) is 0 Å². The molecule has 21 heavy (non-hydrogen) atoms. The van der Waals surface area contributed by atoms with Crippen LogP contribution in [0.1, 0.15) is 52.3 Å². The second kappa shape index (κ2) is 6.55. The highest BCUT2D eigenvalue weighted by Gasteiger charge is 2.19. The lowest BCUT2D eigenvalue weighted by Crippen LogP contribution is -2.16. The Labute approximate surface area is 136 Å². The van der Waals surface area contributed by atoms with Crippen molar-refractivity contribution in [2.45, 2.75) is 38.0 Å². The van der Waals surface area contributed by atoms with Crippen LogP contribution < -0.4 is 5.32 Å². The summed E-state index contributed by atoms with van der Waals surface area (Å²) in [6, 6.07) is 11.9. The Morgan fingerprint density at radius 3 is 2.43 bits per heavy atom. The van der Waals surface area contributed by atoms with Gasteiger partial charge in [0.05, 0.1) is 6.04 Å². The molecule has 1 unspecified atom stereocenters. The van der Waals surface area contributed by atoms with Gasteiger partial charge in [0.25, 0.3) is 0 Å². The van der Waals surface area contributed by atoms with Gasteiger partial charge >= 0.3 is 0 Å². The zero-order chi connectivity index (χ0) is 14.8. The van der Waals surface area contributed by atoms with E-state index in [2.05, 4.69) is 68.3 Å². The predicted molar refractivity (Wildman–Crippen MR) is 95.6 cm³/mol. The minimum atomic E-state index is 0.326. The summed E-state index contributed by atoms with van der Waals surface area (Å²) in [5.41, 5.74) is 4.34. The smallest absolute Gasteiger partial charge is 0.0668 e. The largest absolute Gasteiger partial charge is 0.309 e. The topological polar surface area (TPSA) is 12.0 Å². The third-order valence-electron chi connectivity index (χ3n) is 4.16. The monoisotopic (exact) mass is 317 g/mol. The van der Waals surface area contributed by atoms with Gasteiger partial charge in [0.15, 0.2) is 0 Å². The van der Waals surface area contributed by atoms with Gasteiger partial charge in [-0.15, -0.1) is 11.3 Å². The molecule has 1 nitrogen and oxygen atoms in total. The summed E-state index contributed by atoms with van der Waals surface area (Å²) < 4.78 is 0. The van der Waals surface area contributed by atoms with E-state index in [-0.39, 0.29) is 0 Å². The highest BCUT2D eigenvalue weighted by Crippen LogP contribution is 2.36. The Bertz CT molecular complexity index is 575. The Kier molecular flexibility index (Phi) is 4.72. The molecule has 1 atom stereocenters. The van der Waals surface area contributed by atoms with Crippen molar-refractivity contribution in [1.29, 1.82) is 0 Å². The summed E-state index contributed by atoms with van der Waals surface area (Å²) in [4.78, 5) is 3.06. The minimum absolute atomic E-state index is 0.326. The molecule has 2 aromatic rings. The number of aryl methyl sites for hydroxylation is 1. The SMILES string of the molecule is CNC(c1ccc(C(C)C)cc1)c1cc2c(s1)CCSC2. The number of rotatable bonds is 4. The average Bonchev–Trinajstić information content (AvgIpc) is 2.92. The molecule has 3 rings (SSSR count). The third kappa shape index (κ3) is 3.20. The molecule has 3 heteroatoms. The van der Waals surface area contributed by atoms with E-state index < -0.39 is 0 Å². The number of hydrogen-bond acceptors (Lipinski definition) is 3. The van der Waals surface area contributed by atoms with Crippen LogP contribution in [-0.2, 0) is 12.2 Å². The van der Waals surface area contributed by atoms with Crippen LogP contribution in [0.15, 0.2) is 30.3 Å². The fraction of sp³-hybridized carbons (Fsp3) is 0.444. The van der Waals surface area contributed by atoms with Crippen molar-refractivity contribution < 1.29 is 0 Å². The Balaban J connectivity index is 1.88. The molecule has 0 amide bonds. The van der Waals surface area contributed by atoms with Gasteiger partial charge in [0, 0.05) is 15.5 Å². The van der Waals surface area contributed by atoms with Crippen LogP contribution >= 0.6 is 23.1 Å². The number of fused-ring (bicyclic) bond motifs is 1. The fourth-order valence-corrected chi connectivity index (χ4v) is 5.37. The summed E-state index contributed by atoms with van der Waals surface area (Å²) in [6.45, 7) is 4.49. The number of nitrogens with one attached hydrogen (secondary N) is 1. The lowest BCUT2D eigenvalue weighted by Gasteiger charge is -2.16. The maximum Gasteiger partial charge on any atom is 0.0668 e. The molecule has 0 saturated heterocycles. The number of thiophene rings is 1. The third-order valence-corrected chi connectivity index (χ3v) is 6.47. The molecule has 0 aliphatic carbocycles. The molecule has 1 aliphatic rings. The summed E-state index contributed by atoms with van der Waals surface area (Å²) in [5.74, 6) is 3.06. The average molecular weight is 318 g/mol. The molecular weight excluding hydrogens is 294 g/mol. The molecule has 0 spiro atoms. The first-order chi connectivity index (χ1) is 10.2. The molecule has 0 saturated carbocycles. The molecule has 2 heterocycles. The molecule has 112 valence electrons. The number of benzene rings is 1. The molecule has 0 radical (unpaired) electrons. The highest BCUT2D eigenvalue weighted by atomic mass is 32.2. The zero-order valence-electron chi connectivity index (χ0n) is 13.0. The number of thioether (sulfide) groups is 1. The van der Waals surface area contributed by atoms with E-state index in [0.717, 1.165) is 0 Å². The lowest BCUT2D eigenvalue weighted by atomic mass is 9.98. The molecule has 0 bridgehead atoms. The Morgan fingerprint density at radius 1 is 1.10 bits per heavy atom. The molecule has 1 aromatic heterocycles. The predicted octanol–water partition coefficient (Wildman–Crippen LogP) is 4.97. The van der Waals surface area contributed by atoms with Crippen LogP contribution in [0.3, 0.4) is 0 Å². The maximum absolute atomic E-state index is 3.50. The van der Waals surface area contributed by atoms with Gasteiger partial charge in [-0.05, 0) is 47.9 Å². The molecule has 1 aromatic carbocycles. The fourth-order valence-electron chi connectivity index (χ4n) is 2.86. The second-order valence-electron chi connectivity index (χ2n) is 5.94. The van der Waals surface area contributed by atoms with Crippen LogP contribution in [-0.4, -0.2) is 12.8 Å². The summed E-state index contributed by atoms with van der Waals surface area (Å²) in [5, 5.41) is 3.50. The van der Waals surface area contributed by atoms with E-state index in [1.54, 1.807) is 10.4 Å². The minimum Gasteiger partial charge on any atom is -0.309 e. The Hall–Kier alpha value is -0.770. The first kappa shape index (κ1) is 15.1. The van der Waals surface area contributed by atoms with Crippen molar-refractivity contribution in [3.63, 3.8) is 0 Å². The molecule has 1 aliphatic heterocycles. The van der Waals surface area contributed by atoms with Crippen molar-refractivity contribution in [3.8, 4) is 0 Å². The van der Waals surface area contributed by atoms with Gasteiger partial charge in [-0.25, -0.2) is 0 Å². The van der Waals surface area contributed by atoms with Gasteiger partial charge in [-0.3, -0.25) is 0 Å². The van der Waals surface area contributed by atoms with Crippen LogP contribution in [0.5, 0.6) is 0 Å². The Morgan fingerprint density at radius 2 is 1.81 bits per heavy atom. The van der Waals surface area contributed by atoms with Crippen molar-refractivity contribution in [1.82, 2.24) is 5.32 Å². The van der Waals surface area contributed by atoms with Gasteiger partial charge in [-0.2, -0.15) is 11.8 Å². The van der Waals surface area contributed by atoms with Crippen LogP contribution in [0.25, 0.3) is 0 Å². The van der Waals surface area contributed by atoms with E-state index in [1.807, 2.05) is 11.3 Å². The summed E-state index contributed by atoms with van der Waals surface area (Å²) >= 11 is 4.05. The highest BCUT2D eigenvalue weighted by molar-refractivity contribution is 7.98. The summed E-state index contributed by atoms with van der Waals surface area (Å²) in [6.07, 6.45) is 1.24. The van der Waals surface area contributed by atoms with Gasteiger partial charge in [0.2, 0.25) is 0 Å². The van der Waals surface area contributed by atoms with E-state index in [9.17, 15) is 0 Å². The van der Waals surface area contributed by atoms with E-state index in [1.165, 1.54) is 33.9 Å². The quantitative estimate of drug-likeness (QED) is 0.854. The van der Waals surface area contributed by atoms with Crippen molar-refractivity contribution in [2.75, 3.05) is 12.8 Å². The van der Waals surface area contributed by atoms with Gasteiger partial charge < -0.3 is 5.32 Å². The lowest BCUT2D eigenvalue weighted by molar-refractivity contribution is 0.702. The second-order valence-corrected chi connectivity index (χ2v) is 8.22. The van der Waals surface area contributed by atoms with E-state index >= 15 is 0 Å². The van der Waals surface area contributed by atoms with Crippen molar-refractivity contribution >= 4 is 23.1 Å². The van der Waals surface area contributed by atoms with Crippen molar-refractivity contribution in [3.05, 3.63) is 56.8 Å². The molecule has 0 fully saturated rings. The van der Waals surface area contributed by atoms with E-state index in [0.29, 0.717) is 12.0 Å². The molecule has 1 N–H and O–H groups in total. The van der Waals surface area contributed by atoms with Crippen LogP contribution in [0, 0.1) is 0 Å².